The quantitative estimate of drug-likeness (QED) is 0.533. The third-order valence-corrected chi connectivity index (χ3v) is 4.36. The zero-order valence-electron chi connectivity index (χ0n) is 15.8. The summed E-state index contributed by atoms with van der Waals surface area (Å²) >= 11 is 0. The first-order chi connectivity index (χ1) is 13.6. The second kappa shape index (κ2) is 8.75. The summed E-state index contributed by atoms with van der Waals surface area (Å²) in [5.41, 5.74) is 3.33. The van der Waals surface area contributed by atoms with E-state index in [0.717, 1.165) is 34.8 Å². The number of amides is 1. The number of hydrogen-bond donors (Lipinski definition) is 1. The molecule has 0 saturated carbocycles. The zero-order chi connectivity index (χ0) is 19.9. The lowest BCUT2D eigenvalue weighted by molar-refractivity contribution is -0.109. The summed E-state index contributed by atoms with van der Waals surface area (Å²) in [5, 5.41) is 11.7. The molecule has 6 nitrogen and oxygen atoms in total. The molecule has 0 atom stereocenters. The number of imidazole rings is 1. The number of nitrogens with one attached hydrogen (secondary N) is 1. The van der Waals surface area contributed by atoms with Crippen LogP contribution in [0, 0.1) is 37.0 Å². The molecule has 0 saturated heterocycles. The molecule has 0 fully saturated rings. The summed E-state index contributed by atoms with van der Waals surface area (Å²) in [4.78, 5) is 15.1. The molecule has 0 spiro atoms. The second-order valence-corrected chi connectivity index (χ2v) is 6.35. The Morgan fingerprint density at radius 2 is 2.07 bits per heavy atom. The van der Waals surface area contributed by atoms with Gasteiger partial charge in [0.15, 0.2) is 5.82 Å². The molecule has 28 heavy (non-hydrogen) atoms. The van der Waals surface area contributed by atoms with E-state index in [0.29, 0.717) is 30.9 Å². The van der Waals surface area contributed by atoms with Crippen LogP contribution >= 0.6 is 0 Å². The van der Waals surface area contributed by atoms with E-state index in [9.17, 15) is 4.79 Å². The van der Waals surface area contributed by atoms with Gasteiger partial charge in [0.25, 0.3) is 0 Å². The first-order valence-electron chi connectivity index (χ1n) is 8.90. The number of nitrogens with zero attached hydrogens (tertiary/aromatic N) is 3. The highest BCUT2D eigenvalue weighted by Crippen LogP contribution is 2.16. The van der Waals surface area contributed by atoms with Crippen molar-refractivity contribution in [3.63, 3.8) is 0 Å². The summed E-state index contributed by atoms with van der Waals surface area (Å²) in [5.74, 6) is 8.56. The highest BCUT2D eigenvalue weighted by molar-refractivity contribution is 5.46. The van der Waals surface area contributed by atoms with Crippen molar-refractivity contribution < 1.29 is 9.21 Å². The summed E-state index contributed by atoms with van der Waals surface area (Å²) in [7, 11) is 0. The van der Waals surface area contributed by atoms with Gasteiger partial charge in [-0.2, -0.15) is 5.26 Å². The van der Waals surface area contributed by atoms with Crippen molar-refractivity contribution in [3.8, 4) is 17.9 Å². The van der Waals surface area contributed by atoms with Crippen LogP contribution in [0.5, 0.6) is 0 Å². The molecule has 0 unspecified atom stereocenters. The van der Waals surface area contributed by atoms with Crippen molar-refractivity contribution in [3.05, 3.63) is 76.3 Å². The van der Waals surface area contributed by atoms with Crippen LogP contribution in [0.15, 0.2) is 40.9 Å². The number of aromatic nitrogens is 2. The molecule has 1 amide bonds. The standard InChI is InChI=1S/C22H20N4O2/c1-16-10-20(17(2)28-16)8-9-26-21(13-24-15-27)14-25-22(26)7-6-18-4-3-5-19(11-18)12-23/h3-5,10-11,14-15H,8-9,13H2,1-2H3,(H,24,27). The first kappa shape index (κ1) is 19.0. The van der Waals surface area contributed by atoms with Gasteiger partial charge in [-0.25, -0.2) is 4.98 Å². The fourth-order valence-corrected chi connectivity index (χ4v) is 3.01. The number of carbonyl (C=O) groups excluding carboxylic acids is 1. The van der Waals surface area contributed by atoms with E-state index in [2.05, 4.69) is 28.2 Å². The number of aryl methyl sites for hydroxylation is 3. The van der Waals surface area contributed by atoms with Crippen molar-refractivity contribution in [1.82, 2.24) is 14.9 Å². The van der Waals surface area contributed by atoms with Gasteiger partial charge >= 0.3 is 0 Å². The van der Waals surface area contributed by atoms with E-state index in [1.807, 2.05) is 30.5 Å². The largest absolute Gasteiger partial charge is 0.466 e. The highest BCUT2D eigenvalue weighted by atomic mass is 16.3. The summed E-state index contributed by atoms with van der Waals surface area (Å²) < 4.78 is 7.60. The normalized spacial score (nSPS) is 10.0. The predicted molar refractivity (Wildman–Crippen MR) is 104 cm³/mol. The number of furan rings is 1. The second-order valence-electron chi connectivity index (χ2n) is 6.35. The van der Waals surface area contributed by atoms with Crippen molar-refractivity contribution in [2.45, 2.75) is 33.4 Å². The molecule has 0 radical (unpaired) electrons. The monoisotopic (exact) mass is 372 g/mol. The average Bonchev–Trinajstić information content (AvgIpc) is 3.24. The summed E-state index contributed by atoms with van der Waals surface area (Å²) in [6.07, 6.45) is 3.16. The number of rotatable bonds is 6. The van der Waals surface area contributed by atoms with Crippen LogP contribution in [0.1, 0.15) is 39.7 Å². The Kier molecular flexibility index (Phi) is 5.94. The lowest BCUT2D eigenvalue weighted by Gasteiger charge is -2.09. The lowest BCUT2D eigenvalue weighted by Crippen LogP contribution is -2.16. The van der Waals surface area contributed by atoms with Gasteiger partial charge in [-0.15, -0.1) is 0 Å². The van der Waals surface area contributed by atoms with Crippen molar-refractivity contribution in [2.75, 3.05) is 0 Å². The van der Waals surface area contributed by atoms with Crippen LogP contribution in [-0.2, 0) is 24.3 Å². The predicted octanol–water partition coefficient (Wildman–Crippen LogP) is 2.85. The molecule has 0 aliphatic heterocycles. The molecular formula is C22H20N4O2. The van der Waals surface area contributed by atoms with Crippen molar-refractivity contribution >= 4 is 6.41 Å². The van der Waals surface area contributed by atoms with Gasteiger partial charge in [-0.1, -0.05) is 12.0 Å². The lowest BCUT2D eigenvalue weighted by atomic mass is 10.1. The number of nitriles is 1. The van der Waals surface area contributed by atoms with Gasteiger partial charge in [-0.05, 0) is 56.0 Å². The van der Waals surface area contributed by atoms with Gasteiger partial charge in [0, 0.05) is 12.1 Å². The Bertz CT molecular complexity index is 1090. The minimum absolute atomic E-state index is 0.380. The molecule has 3 aromatic rings. The summed E-state index contributed by atoms with van der Waals surface area (Å²) in [6, 6.07) is 11.3. The third kappa shape index (κ3) is 4.49. The van der Waals surface area contributed by atoms with Crippen molar-refractivity contribution in [2.24, 2.45) is 0 Å². The van der Waals surface area contributed by atoms with Crippen LogP contribution in [0.3, 0.4) is 0 Å². The van der Waals surface area contributed by atoms with E-state index in [1.165, 1.54) is 0 Å². The van der Waals surface area contributed by atoms with E-state index < -0.39 is 0 Å². The SMILES string of the molecule is Cc1cc(CCn2c(CNC=O)cnc2C#Cc2cccc(C#N)c2)c(C)o1. The summed E-state index contributed by atoms with van der Waals surface area (Å²) in [6.45, 7) is 4.93. The number of hydrogen-bond acceptors (Lipinski definition) is 4. The molecule has 140 valence electrons. The maximum Gasteiger partial charge on any atom is 0.207 e. The molecule has 3 rings (SSSR count). The Balaban J connectivity index is 1.87. The number of benzene rings is 1. The van der Waals surface area contributed by atoms with Crippen LogP contribution < -0.4 is 5.32 Å². The first-order valence-corrected chi connectivity index (χ1v) is 8.90. The highest BCUT2D eigenvalue weighted by Gasteiger charge is 2.11. The Labute approximate surface area is 163 Å². The number of carbonyl (C=O) groups is 1. The molecule has 1 N–H and O–H groups in total. The van der Waals surface area contributed by atoms with E-state index in [4.69, 9.17) is 9.68 Å². The fourth-order valence-electron chi connectivity index (χ4n) is 3.01. The van der Waals surface area contributed by atoms with Crippen LogP contribution in [-0.4, -0.2) is 16.0 Å². The average molecular weight is 372 g/mol. The molecule has 6 heteroatoms. The van der Waals surface area contributed by atoms with Crippen LogP contribution in [0.4, 0.5) is 0 Å². The zero-order valence-corrected chi connectivity index (χ0v) is 15.8. The molecular weight excluding hydrogens is 352 g/mol. The fraction of sp³-hybridized carbons (Fsp3) is 0.227. The smallest absolute Gasteiger partial charge is 0.207 e. The van der Waals surface area contributed by atoms with Gasteiger partial charge in [0.05, 0.1) is 30.1 Å². The minimum Gasteiger partial charge on any atom is -0.466 e. The van der Waals surface area contributed by atoms with E-state index in [-0.39, 0.29) is 0 Å². The van der Waals surface area contributed by atoms with Gasteiger partial charge in [0.2, 0.25) is 6.41 Å². The molecule has 1 aromatic carbocycles. The third-order valence-electron chi connectivity index (χ3n) is 4.36. The Hall–Kier alpha value is -3.77. The van der Waals surface area contributed by atoms with Crippen molar-refractivity contribution in [1.29, 1.82) is 5.26 Å². The van der Waals surface area contributed by atoms with Crippen LogP contribution in [0.25, 0.3) is 0 Å². The maximum atomic E-state index is 10.7. The van der Waals surface area contributed by atoms with Gasteiger partial charge in [0.1, 0.15) is 11.5 Å². The Morgan fingerprint density at radius 1 is 1.25 bits per heavy atom. The topological polar surface area (TPSA) is 83.9 Å². The van der Waals surface area contributed by atoms with Crippen LogP contribution in [0.2, 0.25) is 0 Å². The minimum atomic E-state index is 0.380. The van der Waals surface area contributed by atoms with Gasteiger partial charge in [-0.3, -0.25) is 4.79 Å². The molecule has 0 aliphatic carbocycles. The Morgan fingerprint density at radius 3 is 2.79 bits per heavy atom. The molecule has 2 heterocycles. The van der Waals surface area contributed by atoms with E-state index >= 15 is 0 Å². The molecule has 2 aromatic heterocycles. The molecule has 0 bridgehead atoms. The van der Waals surface area contributed by atoms with Gasteiger partial charge < -0.3 is 14.3 Å². The molecule has 0 aliphatic rings. The maximum absolute atomic E-state index is 10.7. The van der Waals surface area contributed by atoms with E-state index in [1.54, 1.807) is 24.4 Å².